The third-order valence-corrected chi connectivity index (χ3v) is 13.0. The highest BCUT2D eigenvalue weighted by molar-refractivity contribution is 5.95. The summed E-state index contributed by atoms with van der Waals surface area (Å²) in [6.45, 7) is 4.46. The first kappa shape index (κ1) is 53.8. The van der Waals surface area contributed by atoms with E-state index in [1.807, 2.05) is 122 Å². The molecule has 72 heavy (non-hydrogen) atoms. The Labute approximate surface area is 422 Å². The van der Waals surface area contributed by atoms with Crippen LogP contribution in [0.3, 0.4) is 0 Å². The summed E-state index contributed by atoms with van der Waals surface area (Å²) in [5.41, 5.74) is 10.4. The second-order valence-electron chi connectivity index (χ2n) is 18.5. The molecule has 8 N–H and O–H groups in total. The molecule has 0 radical (unpaired) electrons. The number of phenolic OH excluding ortho intramolecular Hbond substituents is 1. The molecule has 0 saturated carbocycles. The van der Waals surface area contributed by atoms with Crippen LogP contribution in [-0.4, -0.2) is 85.4 Å². The number of carboxylic acid groups (broad SMARTS) is 1. The van der Waals surface area contributed by atoms with Gasteiger partial charge in [-0.1, -0.05) is 166 Å². The number of nitrogens with zero attached hydrogens (tertiary/aromatic N) is 2. The van der Waals surface area contributed by atoms with Crippen molar-refractivity contribution < 1.29 is 34.2 Å². The second-order valence-corrected chi connectivity index (χ2v) is 18.5. The molecule has 0 saturated heterocycles. The summed E-state index contributed by atoms with van der Waals surface area (Å²) >= 11 is 0. The van der Waals surface area contributed by atoms with Crippen LogP contribution >= 0.6 is 0 Å². The minimum atomic E-state index is -1.51. The van der Waals surface area contributed by atoms with Crippen molar-refractivity contribution in [2.75, 3.05) is 6.54 Å². The van der Waals surface area contributed by atoms with E-state index in [0.29, 0.717) is 59.3 Å². The molecule has 5 aromatic carbocycles. The van der Waals surface area contributed by atoms with Crippen LogP contribution < -0.4 is 21.7 Å². The lowest BCUT2D eigenvalue weighted by molar-refractivity contribution is -0.148. The Balaban J connectivity index is 1.47. The molecule has 6 aromatic rings. The number of aryl methyl sites for hydroxylation is 1. The van der Waals surface area contributed by atoms with Gasteiger partial charge in [-0.15, -0.1) is 0 Å². The minimum absolute atomic E-state index is 0.00786. The highest BCUT2D eigenvalue weighted by atomic mass is 16.4. The second kappa shape index (κ2) is 27.1. The van der Waals surface area contributed by atoms with E-state index < -0.39 is 53.4 Å². The number of carbonyl (C=O) groups excluding carboxylic acids is 4. The number of nitrogens with one attached hydrogen (secondary N) is 4. The molecule has 378 valence electrons. The summed E-state index contributed by atoms with van der Waals surface area (Å²) in [5, 5.41) is 29.0. The smallest absolute Gasteiger partial charge is 0.326 e. The number of hydrogen-bond donors (Lipinski definition) is 7. The Bertz CT molecular complexity index is 2570. The number of aromatic nitrogens is 2. The van der Waals surface area contributed by atoms with Crippen LogP contribution in [-0.2, 0) is 48.8 Å². The topological polar surface area (TPSA) is 220 Å². The maximum atomic E-state index is 16.0. The van der Waals surface area contributed by atoms with Crippen molar-refractivity contribution in [3.05, 3.63) is 191 Å². The van der Waals surface area contributed by atoms with Crippen LogP contribution in [0.5, 0.6) is 5.75 Å². The van der Waals surface area contributed by atoms with Gasteiger partial charge in [-0.05, 0) is 72.6 Å². The van der Waals surface area contributed by atoms with Gasteiger partial charge in [-0.2, -0.15) is 0 Å². The highest BCUT2D eigenvalue weighted by Crippen LogP contribution is 2.45. The summed E-state index contributed by atoms with van der Waals surface area (Å²) < 4.78 is 0. The fourth-order valence-electron chi connectivity index (χ4n) is 9.24. The third-order valence-electron chi connectivity index (χ3n) is 13.0. The molecule has 0 aliphatic carbocycles. The predicted molar refractivity (Wildman–Crippen MR) is 279 cm³/mol. The first-order valence-corrected chi connectivity index (χ1v) is 25.1. The number of aromatic hydroxyl groups is 1. The standard InChI is InChI=1S/C58H69N7O7/c1-3-4-5-6-16-26-53(67)61-35-18-17-25-52(55(69)63-50(36-42-19-10-7-11-20-42)54(68)64-51(57(71)72)37-43-29-33-48(66)34-30-43)65(56(70)49(59)38-47-39-60-40-62-47)58(44-21-12-8-13-22-44,45-23-14-9-15-24-45)46-31-27-41(2)28-32-46/h7-15,19-24,27-34,39-40,49-52,66H,3-6,16-18,25-26,35-38,59H2,1-2H3,(H,60,62)(H,61,67)(H,63,69)(H,64,68)(H,71,72)/t49-,50-,51-,52-/m0/s1. The predicted octanol–water partition coefficient (Wildman–Crippen LogP) is 7.67. The van der Waals surface area contributed by atoms with Crippen LogP contribution in [0.15, 0.2) is 152 Å². The van der Waals surface area contributed by atoms with Gasteiger partial charge >= 0.3 is 5.97 Å². The van der Waals surface area contributed by atoms with Gasteiger partial charge in [0.25, 0.3) is 0 Å². The SMILES string of the molecule is CCCCCCCC(=O)NCCCC[C@@H](C(=O)N[C@@H](Cc1ccccc1)C(=O)N[C@@H](Cc1ccc(O)cc1)C(=O)O)N(C(=O)[C@@H](N)Cc1cnc[nH]1)C(c1ccccc1)(c1ccccc1)c1ccc(C)cc1. The molecule has 14 nitrogen and oxygen atoms in total. The largest absolute Gasteiger partial charge is 0.508 e. The molecule has 6 rings (SSSR count). The Kier molecular flexibility index (Phi) is 20.3. The molecule has 1 aromatic heterocycles. The first-order valence-electron chi connectivity index (χ1n) is 25.1. The maximum Gasteiger partial charge on any atom is 0.326 e. The Hall–Kier alpha value is -7.58. The van der Waals surface area contributed by atoms with Crippen LogP contribution in [0.4, 0.5) is 0 Å². The molecular weight excluding hydrogens is 907 g/mol. The van der Waals surface area contributed by atoms with E-state index in [1.54, 1.807) is 23.2 Å². The number of rotatable bonds is 28. The van der Waals surface area contributed by atoms with Gasteiger partial charge < -0.3 is 41.8 Å². The minimum Gasteiger partial charge on any atom is -0.508 e. The number of aromatic amines is 1. The number of amides is 4. The summed E-state index contributed by atoms with van der Waals surface area (Å²) in [7, 11) is 0. The van der Waals surface area contributed by atoms with Crippen molar-refractivity contribution in [2.45, 2.75) is 121 Å². The summed E-state index contributed by atoms with van der Waals surface area (Å²) in [6.07, 6.45) is 9.47. The fraction of sp³-hybridized carbons (Fsp3) is 0.345. The number of unbranched alkanes of at least 4 members (excludes halogenated alkanes) is 5. The van der Waals surface area contributed by atoms with E-state index in [2.05, 4.69) is 32.8 Å². The lowest BCUT2D eigenvalue weighted by Crippen LogP contribution is -2.64. The molecular formula is C58H69N7O7. The van der Waals surface area contributed by atoms with Gasteiger partial charge in [-0.25, -0.2) is 9.78 Å². The van der Waals surface area contributed by atoms with Crippen LogP contribution in [0.1, 0.15) is 104 Å². The quantitative estimate of drug-likeness (QED) is 0.0189. The number of imidazole rings is 1. The van der Waals surface area contributed by atoms with E-state index in [4.69, 9.17) is 5.73 Å². The van der Waals surface area contributed by atoms with Crippen LogP contribution in [0, 0.1) is 6.92 Å². The van der Waals surface area contributed by atoms with Crippen LogP contribution in [0.2, 0.25) is 0 Å². The van der Waals surface area contributed by atoms with Crippen LogP contribution in [0.25, 0.3) is 0 Å². The number of aliphatic carboxylic acids is 1. The number of nitrogens with two attached hydrogens (primary N) is 1. The fourth-order valence-corrected chi connectivity index (χ4v) is 9.24. The van der Waals surface area contributed by atoms with E-state index in [0.717, 1.165) is 37.7 Å². The van der Waals surface area contributed by atoms with Gasteiger partial charge in [0.05, 0.1) is 12.4 Å². The lowest BCUT2D eigenvalue weighted by Gasteiger charge is -2.49. The lowest BCUT2D eigenvalue weighted by atomic mass is 9.73. The number of benzene rings is 5. The van der Waals surface area contributed by atoms with E-state index in [9.17, 15) is 24.6 Å². The molecule has 0 aliphatic rings. The molecule has 0 bridgehead atoms. The zero-order valence-electron chi connectivity index (χ0n) is 41.3. The maximum absolute atomic E-state index is 16.0. The number of carboxylic acids is 1. The van der Waals surface area contributed by atoms with Crippen molar-refractivity contribution in [1.82, 2.24) is 30.8 Å². The zero-order chi connectivity index (χ0) is 51.3. The van der Waals surface area contributed by atoms with Crippen molar-refractivity contribution in [2.24, 2.45) is 5.73 Å². The van der Waals surface area contributed by atoms with E-state index in [-0.39, 0.29) is 37.3 Å². The molecule has 14 heteroatoms. The van der Waals surface area contributed by atoms with Crippen molar-refractivity contribution >= 4 is 29.6 Å². The monoisotopic (exact) mass is 976 g/mol. The van der Waals surface area contributed by atoms with Gasteiger partial charge in [0.2, 0.25) is 23.6 Å². The molecule has 4 atom stereocenters. The Morgan fingerprint density at radius 2 is 1.24 bits per heavy atom. The van der Waals surface area contributed by atoms with Gasteiger partial charge in [0.1, 0.15) is 29.4 Å². The van der Waals surface area contributed by atoms with E-state index >= 15 is 9.59 Å². The average molecular weight is 976 g/mol. The van der Waals surface area contributed by atoms with E-state index in [1.165, 1.54) is 18.5 Å². The molecule has 0 unspecified atom stereocenters. The highest BCUT2D eigenvalue weighted by Gasteiger charge is 2.51. The van der Waals surface area contributed by atoms with Crippen molar-refractivity contribution in [3.8, 4) is 5.75 Å². The summed E-state index contributed by atoms with van der Waals surface area (Å²) in [4.78, 5) is 81.1. The Morgan fingerprint density at radius 1 is 0.667 bits per heavy atom. The third kappa shape index (κ3) is 14.7. The van der Waals surface area contributed by atoms with Gasteiger partial charge in [0.15, 0.2) is 0 Å². The van der Waals surface area contributed by atoms with Gasteiger partial charge in [0, 0.05) is 44.1 Å². The first-order chi connectivity index (χ1) is 34.9. The van der Waals surface area contributed by atoms with Gasteiger partial charge in [-0.3, -0.25) is 19.2 Å². The average Bonchev–Trinajstić information content (AvgIpc) is 3.91. The van der Waals surface area contributed by atoms with Crippen molar-refractivity contribution in [3.63, 3.8) is 0 Å². The molecule has 1 heterocycles. The summed E-state index contributed by atoms with van der Waals surface area (Å²) in [5.74, 6) is -3.31. The number of carbonyl (C=O) groups is 5. The number of hydrogen-bond acceptors (Lipinski definition) is 8. The normalized spacial score (nSPS) is 13.0. The number of H-pyrrole nitrogens is 1. The molecule has 0 fully saturated rings. The molecule has 0 spiro atoms. The number of phenols is 1. The Morgan fingerprint density at radius 3 is 1.83 bits per heavy atom. The zero-order valence-corrected chi connectivity index (χ0v) is 41.3. The summed E-state index contributed by atoms with van der Waals surface area (Å²) in [6, 6.07) is 36.7. The molecule has 4 amide bonds. The van der Waals surface area contributed by atoms with Crippen molar-refractivity contribution in [1.29, 1.82) is 0 Å². The molecule has 0 aliphatic heterocycles.